The second-order valence-corrected chi connectivity index (χ2v) is 5.16. The minimum Gasteiger partial charge on any atom is -0.288 e. The van der Waals surface area contributed by atoms with Crippen LogP contribution < -0.4 is 0 Å². The summed E-state index contributed by atoms with van der Waals surface area (Å²) in [6, 6.07) is 7.15. The van der Waals surface area contributed by atoms with Gasteiger partial charge in [-0.05, 0) is 59.1 Å². The van der Waals surface area contributed by atoms with E-state index in [4.69, 9.17) is 0 Å². The van der Waals surface area contributed by atoms with Gasteiger partial charge >= 0.3 is 0 Å². The highest BCUT2D eigenvalue weighted by molar-refractivity contribution is 9.10. The van der Waals surface area contributed by atoms with Gasteiger partial charge in [0.05, 0.1) is 10.0 Å². The smallest absolute Gasteiger partial charge is 0.197 e. The molecule has 0 heterocycles. The topological polar surface area (TPSA) is 17.1 Å². The third kappa shape index (κ3) is 2.59. The molecule has 0 N–H and O–H groups in total. The van der Waals surface area contributed by atoms with Gasteiger partial charge in [0, 0.05) is 5.56 Å². The normalized spacial score (nSPS) is 10.6. The molecule has 0 aromatic heterocycles. The summed E-state index contributed by atoms with van der Waals surface area (Å²) in [6.07, 6.45) is 0. The van der Waals surface area contributed by atoms with Crippen molar-refractivity contribution >= 4 is 21.7 Å². The van der Waals surface area contributed by atoms with Gasteiger partial charge in [0.1, 0.15) is 11.6 Å². The number of hydrogen-bond donors (Lipinski definition) is 0. The molecule has 0 unspecified atom stereocenters. The quantitative estimate of drug-likeness (QED) is 0.739. The first-order chi connectivity index (χ1) is 8.91. The molecule has 19 heavy (non-hydrogen) atoms. The maximum atomic E-state index is 13.9. The number of hydrogen-bond acceptors (Lipinski definition) is 1. The Morgan fingerprint density at radius 2 is 1.79 bits per heavy atom. The fraction of sp³-hybridized carbons (Fsp3) is 0.133. The number of aryl methyl sites for hydroxylation is 2. The first-order valence-corrected chi connectivity index (χ1v) is 6.46. The van der Waals surface area contributed by atoms with Crippen LogP contribution in [0.15, 0.2) is 34.8 Å². The molecule has 0 bridgehead atoms. The Labute approximate surface area is 118 Å². The zero-order valence-electron chi connectivity index (χ0n) is 10.4. The Kier molecular flexibility index (Phi) is 3.80. The van der Waals surface area contributed by atoms with Crippen molar-refractivity contribution in [1.29, 1.82) is 0 Å². The van der Waals surface area contributed by atoms with Crippen LogP contribution in [0.3, 0.4) is 0 Å². The molecule has 0 radical (unpaired) electrons. The van der Waals surface area contributed by atoms with E-state index in [1.165, 1.54) is 24.3 Å². The summed E-state index contributed by atoms with van der Waals surface area (Å²) in [5.41, 5.74) is 1.38. The zero-order chi connectivity index (χ0) is 14.2. The minimum atomic E-state index is -0.585. The average molecular weight is 325 g/mol. The lowest BCUT2D eigenvalue weighted by Gasteiger charge is -2.09. The van der Waals surface area contributed by atoms with E-state index in [9.17, 15) is 13.6 Å². The molecular formula is C15H11BrF2O. The molecular weight excluding hydrogens is 314 g/mol. The monoisotopic (exact) mass is 324 g/mol. The van der Waals surface area contributed by atoms with Gasteiger partial charge in [-0.2, -0.15) is 0 Å². The van der Waals surface area contributed by atoms with Crippen LogP contribution in [-0.4, -0.2) is 5.78 Å². The van der Waals surface area contributed by atoms with Gasteiger partial charge < -0.3 is 0 Å². The van der Waals surface area contributed by atoms with Crippen LogP contribution in [0.25, 0.3) is 0 Å². The SMILES string of the molecule is Cc1cc(C)c(C(=O)c2cccc(F)c2Br)c(F)c1. The van der Waals surface area contributed by atoms with Crippen molar-refractivity contribution in [2.45, 2.75) is 13.8 Å². The fourth-order valence-electron chi connectivity index (χ4n) is 2.02. The van der Waals surface area contributed by atoms with E-state index in [1.807, 2.05) is 0 Å². The number of rotatable bonds is 2. The van der Waals surface area contributed by atoms with E-state index in [0.717, 1.165) is 5.56 Å². The maximum Gasteiger partial charge on any atom is 0.197 e. The molecule has 0 saturated carbocycles. The summed E-state index contributed by atoms with van der Waals surface area (Å²) in [7, 11) is 0. The molecule has 0 amide bonds. The Hall–Kier alpha value is -1.55. The standard InChI is InChI=1S/C15H11BrF2O/c1-8-6-9(2)13(12(18)7-8)15(19)10-4-3-5-11(17)14(10)16/h3-7H,1-2H3. The lowest BCUT2D eigenvalue weighted by atomic mass is 9.97. The molecule has 0 aliphatic rings. The van der Waals surface area contributed by atoms with E-state index in [-0.39, 0.29) is 15.6 Å². The predicted octanol–water partition coefficient (Wildman–Crippen LogP) is 4.58. The van der Waals surface area contributed by atoms with Gasteiger partial charge in [0.15, 0.2) is 5.78 Å². The summed E-state index contributed by atoms with van der Waals surface area (Å²) in [5, 5.41) is 0. The lowest BCUT2D eigenvalue weighted by Crippen LogP contribution is -2.08. The Morgan fingerprint density at radius 1 is 1.11 bits per heavy atom. The van der Waals surface area contributed by atoms with Gasteiger partial charge in [-0.25, -0.2) is 8.78 Å². The Bertz CT molecular complexity index is 642. The van der Waals surface area contributed by atoms with Crippen molar-refractivity contribution in [2.24, 2.45) is 0 Å². The summed E-state index contributed by atoms with van der Waals surface area (Å²) >= 11 is 3.02. The third-order valence-corrected chi connectivity index (χ3v) is 3.66. The van der Waals surface area contributed by atoms with Gasteiger partial charge in [-0.3, -0.25) is 4.79 Å². The second kappa shape index (κ2) is 5.21. The number of ketones is 1. The molecule has 1 nitrogen and oxygen atoms in total. The summed E-state index contributed by atoms with van der Waals surface area (Å²) in [6.45, 7) is 3.42. The molecule has 2 aromatic rings. The van der Waals surface area contributed by atoms with Crippen LogP contribution in [-0.2, 0) is 0 Å². The van der Waals surface area contributed by atoms with Gasteiger partial charge in [0.2, 0.25) is 0 Å². The van der Waals surface area contributed by atoms with E-state index in [0.29, 0.717) is 5.56 Å². The molecule has 2 aromatic carbocycles. The van der Waals surface area contributed by atoms with Crippen molar-refractivity contribution < 1.29 is 13.6 Å². The maximum absolute atomic E-state index is 13.9. The van der Waals surface area contributed by atoms with E-state index < -0.39 is 17.4 Å². The van der Waals surface area contributed by atoms with E-state index >= 15 is 0 Å². The highest BCUT2D eigenvalue weighted by Gasteiger charge is 2.20. The Morgan fingerprint density at radius 3 is 2.42 bits per heavy atom. The summed E-state index contributed by atoms with van der Waals surface area (Å²) < 4.78 is 27.4. The van der Waals surface area contributed by atoms with Crippen molar-refractivity contribution in [3.63, 3.8) is 0 Å². The second-order valence-electron chi connectivity index (χ2n) is 4.37. The highest BCUT2D eigenvalue weighted by Crippen LogP contribution is 2.26. The van der Waals surface area contributed by atoms with Crippen LogP contribution in [0, 0.1) is 25.5 Å². The molecule has 0 spiro atoms. The van der Waals surface area contributed by atoms with Crippen molar-refractivity contribution in [1.82, 2.24) is 0 Å². The summed E-state index contributed by atoms with van der Waals surface area (Å²) in [4.78, 5) is 12.3. The first kappa shape index (κ1) is 13.9. The fourth-order valence-corrected chi connectivity index (χ4v) is 2.46. The lowest BCUT2D eigenvalue weighted by molar-refractivity contribution is 0.103. The van der Waals surface area contributed by atoms with Gasteiger partial charge in [-0.1, -0.05) is 12.1 Å². The van der Waals surface area contributed by atoms with E-state index in [2.05, 4.69) is 15.9 Å². The van der Waals surface area contributed by atoms with Gasteiger partial charge in [-0.15, -0.1) is 0 Å². The van der Waals surface area contributed by atoms with Crippen LogP contribution in [0.1, 0.15) is 27.0 Å². The van der Waals surface area contributed by atoms with Crippen molar-refractivity contribution in [2.75, 3.05) is 0 Å². The van der Waals surface area contributed by atoms with Crippen LogP contribution in [0.5, 0.6) is 0 Å². The molecule has 4 heteroatoms. The molecule has 0 aliphatic heterocycles. The molecule has 98 valence electrons. The van der Waals surface area contributed by atoms with Crippen LogP contribution in [0.2, 0.25) is 0 Å². The van der Waals surface area contributed by atoms with Gasteiger partial charge in [0.25, 0.3) is 0 Å². The molecule has 0 fully saturated rings. The van der Waals surface area contributed by atoms with E-state index in [1.54, 1.807) is 19.9 Å². The molecule has 0 aliphatic carbocycles. The third-order valence-electron chi connectivity index (χ3n) is 2.86. The largest absolute Gasteiger partial charge is 0.288 e. The predicted molar refractivity (Wildman–Crippen MR) is 73.4 cm³/mol. The van der Waals surface area contributed by atoms with Crippen LogP contribution in [0.4, 0.5) is 8.78 Å². The molecule has 2 rings (SSSR count). The zero-order valence-corrected chi connectivity index (χ0v) is 12.0. The number of halogens is 3. The average Bonchev–Trinajstić information content (AvgIpc) is 2.31. The number of carbonyl (C=O) groups excluding carboxylic acids is 1. The minimum absolute atomic E-state index is 0.0168. The first-order valence-electron chi connectivity index (χ1n) is 5.67. The number of benzene rings is 2. The highest BCUT2D eigenvalue weighted by atomic mass is 79.9. The Balaban J connectivity index is 2.60. The van der Waals surface area contributed by atoms with Crippen molar-refractivity contribution in [3.05, 3.63) is 68.7 Å². The van der Waals surface area contributed by atoms with Crippen LogP contribution >= 0.6 is 15.9 Å². The molecule has 0 atom stereocenters. The summed E-state index contributed by atoms with van der Waals surface area (Å²) in [5.74, 6) is -1.66. The number of carbonyl (C=O) groups is 1. The van der Waals surface area contributed by atoms with Crippen molar-refractivity contribution in [3.8, 4) is 0 Å². The molecule has 0 saturated heterocycles.